The fourth-order valence-electron chi connectivity index (χ4n) is 1.25. The maximum Gasteiger partial charge on any atom is 0.318 e. The van der Waals surface area contributed by atoms with Gasteiger partial charge in [-0.25, -0.2) is 4.79 Å². The van der Waals surface area contributed by atoms with Crippen LogP contribution in [0.1, 0.15) is 12.5 Å². The second-order valence-electron chi connectivity index (χ2n) is 3.50. The summed E-state index contributed by atoms with van der Waals surface area (Å²) in [5.41, 5.74) is 1.65. The van der Waals surface area contributed by atoms with Crippen molar-refractivity contribution in [1.29, 1.82) is 0 Å². The van der Waals surface area contributed by atoms with E-state index in [1.807, 2.05) is 24.3 Å². The van der Waals surface area contributed by atoms with Gasteiger partial charge in [-0.15, -0.1) is 0 Å². The highest BCUT2D eigenvalue weighted by Gasteiger charge is 2.01. The van der Waals surface area contributed by atoms with E-state index in [2.05, 4.69) is 17.2 Å². The van der Waals surface area contributed by atoms with Crippen molar-refractivity contribution >= 4 is 17.6 Å². The first-order chi connectivity index (χ1) is 7.59. The molecule has 1 rings (SSSR count). The third-order valence-electron chi connectivity index (χ3n) is 1.96. The van der Waals surface area contributed by atoms with Crippen LogP contribution in [0.3, 0.4) is 0 Å². The lowest BCUT2D eigenvalue weighted by atomic mass is 10.1. The van der Waals surface area contributed by atoms with Crippen molar-refractivity contribution in [3.8, 4) is 0 Å². The molecule has 0 aromatic heterocycles. The molecule has 0 saturated heterocycles. The minimum Gasteiger partial charge on any atom is -0.338 e. The molecule has 16 heavy (non-hydrogen) atoms. The van der Waals surface area contributed by atoms with E-state index in [1.54, 1.807) is 6.92 Å². The highest BCUT2D eigenvalue weighted by molar-refractivity contribution is 6.31. The van der Waals surface area contributed by atoms with Gasteiger partial charge in [0.05, 0.1) is 0 Å². The lowest BCUT2D eigenvalue weighted by Crippen LogP contribution is -2.35. The highest BCUT2D eigenvalue weighted by atomic mass is 35.5. The summed E-state index contributed by atoms with van der Waals surface area (Å²) >= 11 is 5.98. The molecule has 0 saturated carbocycles. The fraction of sp³-hybridized carbons (Fsp3) is 0.250. The van der Waals surface area contributed by atoms with Gasteiger partial charge in [-0.3, -0.25) is 0 Å². The van der Waals surface area contributed by atoms with Crippen LogP contribution in [0.4, 0.5) is 4.79 Å². The van der Waals surface area contributed by atoms with E-state index < -0.39 is 0 Å². The Hall–Kier alpha value is -1.48. The van der Waals surface area contributed by atoms with Crippen molar-refractivity contribution in [2.24, 2.45) is 0 Å². The van der Waals surface area contributed by atoms with E-state index in [4.69, 9.17) is 11.6 Å². The minimum absolute atomic E-state index is 0.237. The normalized spacial score (nSPS) is 9.62. The van der Waals surface area contributed by atoms with Gasteiger partial charge in [-0.05, 0) is 25.0 Å². The number of nitrogens with one attached hydrogen (secondary N) is 2. The lowest BCUT2D eigenvalue weighted by Gasteiger charge is -2.07. The summed E-state index contributed by atoms with van der Waals surface area (Å²) in [7, 11) is 0. The highest BCUT2D eigenvalue weighted by Crippen LogP contribution is 2.14. The molecule has 0 heterocycles. The summed E-state index contributed by atoms with van der Waals surface area (Å²) in [6.45, 7) is 5.86. The van der Waals surface area contributed by atoms with E-state index >= 15 is 0 Å². The Morgan fingerprint density at radius 1 is 1.44 bits per heavy atom. The quantitative estimate of drug-likeness (QED) is 0.832. The summed E-state index contributed by atoms with van der Waals surface area (Å²) in [5.74, 6) is 0. The molecule has 4 heteroatoms. The molecule has 2 N–H and O–H groups in total. The van der Waals surface area contributed by atoms with Crippen LogP contribution in [-0.4, -0.2) is 12.6 Å². The van der Waals surface area contributed by atoms with Crippen LogP contribution >= 0.6 is 11.6 Å². The molecular weight excluding hydrogens is 224 g/mol. The largest absolute Gasteiger partial charge is 0.338 e. The van der Waals surface area contributed by atoms with Crippen molar-refractivity contribution in [1.82, 2.24) is 10.6 Å². The van der Waals surface area contributed by atoms with Crippen molar-refractivity contribution in [3.05, 3.63) is 47.1 Å². The monoisotopic (exact) mass is 238 g/mol. The number of carbonyl (C=O) groups excluding carboxylic acids is 1. The van der Waals surface area contributed by atoms with Crippen LogP contribution in [0.2, 0.25) is 5.02 Å². The van der Waals surface area contributed by atoms with Gasteiger partial charge < -0.3 is 10.6 Å². The molecule has 3 nitrogen and oxygen atoms in total. The predicted molar refractivity (Wildman–Crippen MR) is 66.5 cm³/mol. The van der Waals surface area contributed by atoms with E-state index in [0.717, 1.165) is 10.6 Å². The molecule has 0 aliphatic rings. The summed E-state index contributed by atoms with van der Waals surface area (Å²) in [4.78, 5) is 11.2. The molecule has 0 aliphatic heterocycles. The summed E-state index contributed by atoms with van der Waals surface area (Å²) < 4.78 is 0. The van der Waals surface area contributed by atoms with Crippen LogP contribution in [0, 0.1) is 0 Å². The van der Waals surface area contributed by atoms with Crippen molar-refractivity contribution in [2.45, 2.75) is 13.3 Å². The summed E-state index contributed by atoms with van der Waals surface area (Å²) in [5, 5.41) is 6.01. The molecule has 0 atom stereocenters. The zero-order valence-corrected chi connectivity index (χ0v) is 9.97. The average Bonchev–Trinajstić information content (AvgIpc) is 2.19. The van der Waals surface area contributed by atoms with Gasteiger partial charge in [0.25, 0.3) is 0 Å². The van der Waals surface area contributed by atoms with Gasteiger partial charge in [-0.2, -0.15) is 0 Å². The number of carbonyl (C=O) groups is 1. The van der Waals surface area contributed by atoms with Crippen LogP contribution in [-0.2, 0) is 6.42 Å². The molecule has 0 radical (unpaired) electrons. The third-order valence-corrected chi connectivity index (χ3v) is 2.33. The fourth-order valence-corrected chi connectivity index (χ4v) is 1.48. The van der Waals surface area contributed by atoms with Crippen molar-refractivity contribution in [2.75, 3.05) is 6.54 Å². The standard InChI is InChI=1S/C12H15ClN2O/c1-9(2)15-12(16)14-8-7-10-5-3-4-6-11(10)13/h3-6H,1,7-8H2,2H3,(H2,14,15,16). The molecule has 1 aromatic rings. The second kappa shape index (κ2) is 6.18. The molecule has 0 unspecified atom stereocenters. The van der Waals surface area contributed by atoms with Crippen LogP contribution in [0.25, 0.3) is 0 Å². The topological polar surface area (TPSA) is 41.1 Å². The number of hydrogen-bond acceptors (Lipinski definition) is 1. The van der Waals surface area contributed by atoms with Gasteiger partial charge >= 0.3 is 6.03 Å². The number of urea groups is 1. The number of rotatable bonds is 4. The van der Waals surface area contributed by atoms with Crippen LogP contribution < -0.4 is 10.6 Å². The van der Waals surface area contributed by atoms with E-state index in [0.29, 0.717) is 18.7 Å². The number of allylic oxidation sites excluding steroid dienone is 1. The molecule has 0 fully saturated rings. The zero-order valence-electron chi connectivity index (χ0n) is 9.22. The first-order valence-electron chi connectivity index (χ1n) is 5.03. The lowest BCUT2D eigenvalue weighted by molar-refractivity contribution is 0.243. The van der Waals surface area contributed by atoms with E-state index in [-0.39, 0.29) is 6.03 Å². The Bertz CT molecular complexity index is 390. The SMILES string of the molecule is C=C(C)NC(=O)NCCc1ccccc1Cl. The molecule has 0 spiro atoms. The molecule has 86 valence electrons. The smallest absolute Gasteiger partial charge is 0.318 e. The summed E-state index contributed by atoms with van der Waals surface area (Å²) in [6, 6.07) is 7.35. The first-order valence-corrected chi connectivity index (χ1v) is 5.41. The molecule has 0 aliphatic carbocycles. The molecule has 1 aromatic carbocycles. The molecular formula is C12H15ClN2O. The Morgan fingerprint density at radius 2 is 2.12 bits per heavy atom. The van der Waals surface area contributed by atoms with Gasteiger partial charge in [0.1, 0.15) is 0 Å². The van der Waals surface area contributed by atoms with Gasteiger partial charge in [0.15, 0.2) is 0 Å². The Morgan fingerprint density at radius 3 is 2.75 bits per heavy atom. The van der Waals surface area contributed by atoms with Crippen LogP contribution in [0.15, 0.2) is 36.5 Å². The second-order valence-corrected chi connectivity index (χ2v) is 3.91. The Kier molecular flexibility index (Phi) is 4.86. The maximum atomic E-state index is 11.2. The molecule has 0 bridgehead atoms. The molecule has 2 amide bonds. The number of benzene rings is 1. The zero-order chi connectivity index (χ0) is 12.0. The maximum absolute atomic E-state index is 11.2. The average molecular weight is 239 g/mol. The minimum atomic E-state index is -0.237. The van der Waals surface area contributed by atoms with E-state index in [9.17, 15) is 4.79 Å². The van der Waals surface area contributed by atoms with Gasteiger partial charge in [0, 0.05) is 17.3 Å². The third kappa shape index (κ3) is 4.36. The first kappa shape index (κ1) is 12.6. The number of hydrogen-bond donors (Lipinski definition) is 2. The summed E-state index contributed by atoms with van der Waals surface area (Å²) in [6.07, 6.45) is 0.712. The van der Waals surface area contributed by atoms with Crippen molar-refractivity contribution in [3.63, 3.8) is 0 Å². The van der Waals surface area contributed by atoms with Crippen molar-refractivity contribution < 1.29 is 4.79 Å². The van der Waals surface area contributed by atoms with Crippen LogP contribution in [0.5, 0.6) is 0 Å². The predicted octanol–water partition coefficient (Wildman–Crippen LogP) is 2.72. The Balaban J connectivity index is 2.33. The van der Waals surface area contributed by atoms with Gasteiger partial charge in [-0.1, -0.05) is 36.4 Å². The Labute approximate surface area is 100 Å². The number of halogens is 1. The number of amides is 2. The van der Waals surface area contributed by atoms with E-state index in [1.165, 1.54) is 0 Å². The van der Waals surface area contributed by atoms with Gasteiger partial charge in [0.2, 0.25) is 0 Å².